The molecule has 6 nitrogen and oxygen atoms in total. The zero-order valence-corrected chi connectivity index (χ0v) is 13.2. The largest absolute Gasteiger partial charge is 0.433 e. The minimum atomic E-state index is -4.56. The number of aromatic amines is 1. The molecule has 4 aromatic rings. The molecule has 1 fully saturated rings. The second-order valence-electron chi connectivity index (χ2n) is 6.48. The molecule has 132 valence electrons. The van der Waals surface area contributed by atoms with E-state index in [1.807, 2.05) is 0 Å². The SMILES string of the molecule is OC1(c2nc3ccc(C(F)(F)F)nc3n2-c2ccc3[nH]ncc3c2)CC1. The van der Waals surface area contributed by atoms with Crippen LogP contribution < -0.4 is 0 Å². The molecule has 1 aliphatic rings. The lowest BCUT2D eigenvalue weighted by molar-refractivity contribution is -0.141. The highest BCUT2D eigenvalue weighted by Crippen LogP contribution is 2.46. The van der Waals surface area contributed by atoms with E-state index in [0.29, 0.717) is 29.9 Å². The molecule has 1 aromatic carbocycles. The molecular formula is C17H12F3N5O. The molecule has 0 aliphatic heterocycles. The van der Waals surface area contributed by atoms with Crippen molar-refractivity contribution in [1.82, 2.24) is 24.7 Å². The molecule has 3 heterocycles. The van der Waals surface area contributed by atoms with E-state index < -0.39 is 17.5 Å². The molecule has 1 saturated carbocycles. The van der Waals surface area contributed by atoms with Gasteiger partial charge in [-0.25, -0.2) is 9.97 Å². The lowest BCUT2D eigenvalue weighted by Crippen LogP contribution is -2.14. The molecule has 5 rings (SSSR count). The number of halogens is 3. The first-order valence-electron chi connectivity index (χ1n) is 7.98. The number of hydrogen-bond donors (Lipinski definition) is 2. The van der Waals surface area contributed by atoms with E-state index >= 15 is 0 Å². The van der Waals surface area contributed by atoms with E-state index in [4.69, 9.17) is 0 Å². The van der Waals surface area contributed by atoms with Gasteiger partial charge in [0, 0.05) is 11.1 Å². The molecule has 0 bridgehead atoms. The van der Waals surface area contributed by atoms with Gasteiger partial charge in [-0.1, -0.05) is 0 Å². The van der Waals surface area contributed by atoms with Gasteiger partial charge in [-0.05, 0) is 43.2 Å². The topological polar surface area (TPSA) is 79.6 Å². The van der Waals surface area contributed by atoms with Gasteiger partial charge >= 0.3 is 6.18 Å². The van der Waals surface area contributed by atoms with E-state index in [1.165, 1.54) is 10.6 Å². The van der Waals surface area contributed by atoms with E-state index in [1.54, 1.807) is 24.4 Å². The minimum absolute atomic E-state index is 0.0676. The fourth-order valence-corrected chi connectivity index (χ4v) is 3.08. The third-order valence-corrected chi connectivity index (χ3v) is 4.62. The fraction of sp³-hybridized carbons (Fsp3) is 0.235. The summed E-state index contributed by atoms with van der Waals surface area (Å²) in [7, 11) is 0. The molecule has 26 heavy (non-hydrogen) atoms. The number of hydrogen-bond acceptors (Lipinski definition) is 4. The third kappa shape index (κ3) is 2.20. The van der Waals surface area contributed by atoms with Crippen LogP contribution in [0.2, 0.25) is 0 Å². The Kier molecular flexibility index (Phi) is 2.84. The van der Waals surface area contributed by atoms with Crippen molar-refractivity contribution in [3.63, 3.8) is 0 Å². The molecule has 9 heteroatoms. The van der Waals surface area contributed by atoms with Gasteiger partial charge in [0.2, 0.25) is 0 Å². The van der Waals surface area contributed by atoms with Crippen molar-refractivity contribution in [1.29, 1.82) is 0 Å². The number of alkyl halides is 3. The van der Waals surface area contributed by atoms with Gasteiger partial charge in [-0.3, -0.25) is 9.67 Å². The summed E-state index contributed by atoms with van der Waals surface area (Å²) in [6.45, 7) is 0. The van der Waals surface area contributed by atoms with Crippen LogP contribution in [0.4, 0.5) is 13.2 Å². The van der Waals surface area contributed by atoms with Crippen LogP contribution in [0, 0.1) is 0 Å². The Hall–Kier alpha value is -2.94. The van der Waals surface area contributed by atoms with Gasteiger partial charge in [0.15, 0.2) is 5.65 Å². The number of aromatic nitrogens is 5. The van der Waals surface area contributed by atoms with Crippen molar-refractivity contribution in [2.24, 2.45) is 0 Å². The van der Waals surface area contributed by atoms with Gasteiger partial charge in [0.25, 0.3) is 0 Å². The van der Waals surface area contributed by atoms with Crippen molar-refractivity contribution < 1.29 is 18.3 Å². The minimum Gasteiger partial charge on any atom is -0.382 e. The fourth-order valence-electron chi connectivity index (χ4n) is 3.08. The average molecular weight is 359 g/mol. The first-order chi connectivity index (χ1) is 12.4. The summed E-state index contributed by atoms with van der Waals surface area (Å²) in [4.78, 5) is 8.17. The number of imidazole rings is 1. The maximum absolute atomic E-state index is 13.1. The molecule has 3 aromatic heterocycles. The molecule has 0 amide bonds. The molecule has 0 radical (unpaired) electrons. The predicted octanol–water partition coefficient (Wildman–Crippen LogP) is 3.30. The van der Waals surface area contributed by atoms with Crippen molar-refractivity contribution in [2.45, 2.75) is 24.6 Å². The van der Waals surface area contributed by atoms with Gasteiger partial charge in [-0.15, -0.1) is 0 Å². The normalized spacial score (nSPS) is 16.5. The summed E-state index contributed by atoms with van der Waals surface area (Å²) >= 11 is 0. The summed E-state index contributed by atoms with van der Waals surface area (Å²) in [5, 5.41) is 18.2. The summed E-state index contributed by atoms with van der Waals surface area (Å²) in [6, 6.07) is 7.47. The Morgan fingerprint density at radius 1 is 1.12 bits per heavy atom. The number of nitrogens with zero attached hydrogens (tertiary/aromatic N) is 4. The zero-order valence-electron chi connectivity index (χ0n) is 13.2. The van der Waals surface area contributed by atoms with E-state index in [0.717, 1.165) is 17.0 Å². The Morgan fingerprint density at radius 2 is 1.92 bits per heavy atom. The van der Waals surface area contributed by atoms with Gasteiger partial charge in [0.1, 0.15) is 22.6 Å². The van der Waals surface area contributed by atoms with Crippen LogP contribution in [-0.4, -0.2) is 29.8 Å². The van der Waals surface area contributed by atoms with Crippen LogP contribution in [0.25, 0.3) is 27.8 Å². The molecule has 2 N–H and O–H groups in total. The number of pyridine rings is 1. The Morgan fingerprint density at radius 3 is 2.65 bits per heavy atom. The van der Waals surface area contributed by atoms with Crippen LogP contribution in [0.1, 0.15) is 24.4 Å². The summed E-state index contributed by atoms with van der Waals surface area (Å²) in [5.41, 5.74) is -0.384. The van der Waals surface area contributed by atoms with Crippen LogP contribution in [-0.2, 0) is 11.8 Å². The van der Waals surface area contributed by atoms with E-state index in [-0.39, 0.29) is 5.65 Å². The van der Waals surface area contributed by atoms with Crippen molar-refractivity contribution in [3.05, 3.63) is 48.0 Å². The highest BCUT2D eigenvalue weighted by atomic mass is 19.4. The Balaban J connectivity index is 1.82. The maximum atomic E-state index is 13.1. The monoisotopic (exact) mass is 359 g/mol. The quantitative estimate of drug-likeness (QED) is 0.576. The second kappa shape index (κ2) is 4.82. The number of aliphatic hydroxyl groups is 1. The average Bonchev–Trinajstić information content (AvgIpc) is 3.05. The number of nitrogens with one attached hydrogen (secondary N) is 1. The standard InChI is InChI=1S/C17H12F3N5O/c18-17(19,20)13-4-3-12-14(23-13)25(15(22-12)16(26)5-6-16)10-1-2-11-9(7-10)8-21-24-11/h1-4,7-8,26H,5-6H2,(H,21,24). The van der Waals surface area contributed by atoms with Crippen LogP contribution in [0.15, 0.2) is 36.5 Å². The lowest BCUT2D eigenvalue weighted by Gasteiger charge is -2.13. The van der Waals surface area contributed by atoms with Crippen LogP contribution >= 0.6 is 0 Å². The van der Waals surface area contributed by atoms with Gasteiger partial charge in [-0.2, -0.15) is 18.3 Å². The number of H-pyrrole nitrogens is 1. The predicted molar refractivity (Wildman–Crippen MR) is 86.6 cm³/mol. The van der Waals surface area contributed by atoms with Crippen LogP contribution in [0.3, 0.4) is 0 Å². The maximum Gasteiger partial charge on any atom is 0.433 e. The molecule has 1 aliphatic carbocycles. The van der Waals surface area contributed by atoms with Gasteiger partial charge in [0.05, 0.1) is 11.7 Å². The summed E-state index contributed by atoms with van der Waals surface area (Å²) in [6.07, 6.45) is -1.92. The lowest BCUT2D eigenvalue weighted by atomic mass is 10.2. The second-order valence-corrected chi connectivity index (χ2v) is 6.48. The molecule has 0 saturated heterocycles. The van der Waals surface area contributed by atoms with Crippen molar-refractivity contribution in [2.75, 3.05) is 0 Å². The first kappa shape index (κ1) is 15.3. The smallest absolute Gasteiger partial charge is 0.382 e. The zero-order chi connectivity index (χ0) is 18.1. The Labute approximate surface area is 144 Å². The van der Waals surface area contributed by atoms with Crippen molar-refractivity contribution in [3.8, 4) is 5.69 Å². The molecular weight excluding hydrogens is 347 g/mol. The number of fused-ring (bicyclic) bond motifs is 2. The first-order valence-corrected chi connectivity index (χ1v) is 7.98. The highest BCUT2D eigenvalue weighted by Gasteiger charge is 2.47. The Bertz CT molecular complexity index is 1160. The number of rotatable bonds is 2. The van der Waals surface area contributed by atoms with Crippen LogP contribution in [0.5, 0.6) is 0 Å². The number of benzene rings is 1. The molecule has 0 unspecified atom stereocenters. The van der Waals surface area contributed by atoms with E-state index in [9.17, 15) is 18.3 Å². The summed E-state index contributed by atoms with van der Waals surface area (Å²) < 4.78 is 40.9. The molecule has 0 spiro atoms. The molecule has 0 atom stereocenters. The van der Waals surface area contributed by atoms with Gasteiger partial charge < -0.3 is 5.11 Å². The van der Waals surface area contributed by atoms with Crippen molar-refractivity contribution >= 4 is 22.1 Å². The third-order valence-electron chi connectivity index (χ3n) is 4.62. The van der Waals surface area contributed by atoms with E-state index in [2.05, 4.69) is 20.2 Å². The summed E-state index contributed by atoms with van der Waals surface area (Å²) in [5.74, 6) is 0.308. The highest BCUT2D eigenvalue weighted by molar-refractivity contribution is 5.82.